The van der Waals surface area contributed by atoms with E-state index in [1.54, 1.807) is 0 Å². The lowest BCUT2D eigenvalue weighted by Gasteiger charge is -2.24. The smallest absolute Gasteiger partial charge is 0.308 e. The summed E-state index contributed by atoms with van der Waals surface area (Å²) in [5.41, 5.74) is 1.29. The number of carboxylic acid groups (broad SMARTS) is 1. The molecule has 0 aromatic heterocycles. The molecule has 0 spiro atoms. The molecule has 4 heteroatoms. The van der Waals surface area contributed by atoms with Crippen LogP contribution in [0.3, 0.4) is 0 Å². The molecule has 1 aromatic rings. The van der Waals surface area contributed by atoms with Crippen LogP contribution in [0.2, 0.25) is 0 Å². The predicted molar refractivity (Wildman–Crippen MR) is 79.2 cm³/mol. The number of nitrogens with zero attached hydrogens (tertiary/aromatic N) is 1. The van der Waals surface area contributed by atoms with Gasteiger partial charge in [0.15, 0.2) is 0 Å². The van der Waals surface area contributed by atoms with E-state index in [9.17, 15) is 9.90 Å². The highest BCUT2D eigenvalue weighted by molar-refractivity contribution is 9.10. The van der Waals surface area contributed by atoms with E-state index < -0.39 is 5.97 Å². The lowest BCUT2D eigenvalue weighted by atomic mass is 9.99. The fourth-order valence-corrected chi connectivity index (χ4v) is 3.04. The second-order valence-electron chi connectivity index (χ2n) is 5.56. The summed E-state index contributed by atoms with van der Waals surface area (Å²) in [4.78, 5) is 13.4. The molecule has 0 bridgehead atoms. The summed E-state index contributed by atoms with van der Waals surface area (Å²) in [6, 6.07) is 8.72. The normalized spacial score (nSPS) is 25.4. The molecule has 1 aliphatic heterocycles. The van der Waals surface area contributed by atoms with Gasteiger partial charge >= 0.3 is 5.97 Å². The van der Waals surface area contributed by atoms with Gasteiger partial charge in [-0.05, 0) is 37.0 Å². The highest BCUT2D eigenvalue weighted by Crippen LogP contribution is 2.26. The minimum Gasteiger partial charge on any atom is -0.481 e. The van der Waals surface area contributed by atoms with Gasteiger partial charge in [0.25, 0.3) is 0 Å². The second kappa shape index (κ2) is 6.06. The van der Waals surface area contributed by atoms with Crippen molar-refractivity contribution in [3.63, 3.8) is 0 Å². The molecular weight excluding hydrogens is 306 g/mol. The third-order valence-corrected chi connectivity index (χ3v) is 4.55. The Bertz CT molecular complexity index is 446. The lowest BCUT2D eigenvalue weighted by molar-refractivity contribution is -0.142. The Morgan fingerprint density at radius 1 is 1.42 bits per heavy atom. The van der Waals surface area contributed by atoms with Gasteiger partial charge in [-0.2, -0.15) is 0 Å². The van der Waals surface area contributed by atoms with Crippen molar-refractivity contribution in [2.24, 2.45) is 11.8 Å². The Balaban J connectivity index is 1.96. The van der Waals surface area contributed by atoms with E-state index in [0.29, 0.717) is 12.6 Å². The zero-order valence-electron chi connectivity index (χ0n) is 11.3. The first-order valence-corrected chi connectivity index (χ1v) is 7.48. The molecule has 2 rings (SSSR count). The zero-order valence-corrected chi connectivity index (χ0v) is 12.9. The summed E-state index contributed by atoms with van der Waals surface area (Å²) < 4.78 is 1.09. The average Bonchev–Trinajstić information content (AvgIpc) is 2.74. The molecule has 0 amide bonds. The fraction of sp³-hybridized carbons (Fsp3) is 0.533. The first-order valence-electron chi connectivity index (χ1n) is 6.68. The van der Waals surface area contributed by atoms with Crippen LogP contribution >= 0.6 is 15.9 Å². The van der Waals surface area contributed by atoms with Gasteiger partial charge in [-0.3, -0.25) is 9.69 Å². The van der Waals surface area contributed by atoms with Crippen molar-refractivity contribution in [3.8, 4) is 0 Å². The molecule has 1 heterocycles. The van der Waals surface area contributed by atoms with Crippen molar-refractivity contribution in [2.45, 2.75) is 26.3 Å². The maximum absolute atomic E-state index is 11.1. The second-order valence-corrected chi connectivity index (χ2v) is 6.47. The maximum atomic E-state index is 11.1. The number of rotatable bonds is 4. The van der Waals surface area contributed by atoms with E-state index in [1.807, 2.05) is 6.92 Å². The van der Waals surface area contributed by atoms with E-state index in [1.165, 1.54) is 5.56 Å². The summed E-state index contributed by atoms with van der Waals surface area (Å²) in [5, 5.41) is 9.17. The van der Waals surface area contributed by atoms with Crippen molar-refractivity contribution in [3.05, 3.63) is 34.3 Å². The number of benzene rings is 1. The van der Waals surface area contributed by atoms with Gasteiger partial charge < -0.3 is 5.11 Å². The van der Waals surface area contributed by atoms with Gasteiger partial charge in [0.05, 0.1) is 5.92 Å². The molecule has 1 fully saturated rings. The van der Waals surface area contributed by atoms with Crippen LogP contribution in [0.1, 0.15) is 19.4 Å². The first-order chi connectivity index (χ1) is 8.97. The molecular formula is C15H20BrNO2. The quantitative estimate of drug-likeness (QED) is 0.925. The number of carbonyl (C=O) groups is 1. The maximum Gasteiger partial charge on any atom is 0.308 e. The largest absolute Gasteiger partial charge is 0.481 e. The van der Waals surface area contributed by atoms with E-state index in [2.05, 4.69) is 52.0 Å². The van der Waals surface area contributed by atoms with E-state index in [-0.39, 0.29) is 11.8 Å². The highest BCUT2D eigenvalue weighted by atomic mass is 79.9. The number of carboxylic acids is 1. The van der Waals surface area contributed by atoms with Crippen LogP contribution in [-0.2, 0) is 11.2 Å². The van der Waals surface area contributed by atoms with Gasteiger partial charge in [-0.15, -0.1) is 0 Å². The molecule has 1 aromatic carbocycles. The van der Waals surface area contributed by atoms with Crippen LogP contribution in [0, 0.1) is 11.8 Å². The van der Waals surface area contributed by atoms with Gasteiger partial charge in [0.2, 0.25) is 0 Å². The van der Waals surface area contributed by atoms with Gasteiger partial charge in [-0.1, -0.05) is 35.0 Å². The predicted octanol–water partition coefficient (Wildman–Crippen LogP) is 3.03. The molecule has 104 valence electrons. The van der Waals surface area contributed by atoms with E-state index >= 15 is 0 Å². The van der Waals surface area contributed by atoms with Crippen molar-refractivity contribution < 1.29 is 9.90 Å². The molecule has 1 saturated heterocycles. The van der Waals surface area contributed by atoms with Crippen LogP contribution in [0.25, 0.3) is 0 Å². The van der Waals surface area contributed by atoms with E-state index in [4.69, 9.17) is 0 Å². The van der Waals surface area contributed by atoms with Gasteiger partial charge in [-0.25, -0.2) is 0 Å². The molecule has 0 saturated carbocycles. The summed E-state index contributed by atoms with van der Waals surface area (Å²) in [6.07, 6.45) is 0.965. The van der Waals surface area contributed by atoms with Crippen LogP contribution < -0.4 is 0 Å². The summed E-state index contributed by atoms with van der Waals surface area (Å²) >= 11 is 3.43. The standard InChI is InChI=1S/C15H20BrNO2/c1-10-8-17(9-14(10)15(18)19)11(2)7-12-3-5-13(16)6-4-12/h3-6,10-11,14H,7-9H2,1-2H3,(H,18,19)/t10-,11?,14-/m1/s1. The number of aliphatic carboxylic acids is 1. The van der Waals surface area contributed by atoms with Crippen LogP contribution in [0.5, 0.6) is 0 Å². The number of hydrogen-bond acceptors (Lipinski definition) is 2. The van der Waals surface area contributed by atoms with E-state index in [0.717, 1.165) is 17.4 Å². The van der Waals surface area contributed by atoms with Gasteiger partial charge in [0, 0.05) is 23.6 Å². The Kier molecular flexibility index (Phi) is 4.63. The Morgan fingerprint density at radius 3 is 2.58 bits per heavy atom. The highest BCUT2D eigenvalue weighted by Gasteiger charge is 2.36. The van der Waals surface area contributed by atoms with Crippen molar-refractivity contribution >= 4 is 21.9 Å². The summed E-state index contributed by atoms with van der Waals surface area (Å²) in [5.74, 6) is -0.636. The third kappa shape index (κ3) is 3.57. The average molecular weight is 326 g/mol. The lowest BCUT2D eigenvalue weighted by Crippen LogP contribution is -2.33. The summed E-state index contributed by atoms with van der Waals surface area (Å²) in [6.45, 7) is 5.77. The molecule has 0 radical (unpaired) electrons. The Labute approximate surface area is 122 Å². The minimum atomic E-state index is -0.661. The van der Waals surface area contributed by atoms with Crippen molar-refractivity contribution in [2.75, 3.05) is 13.1 Å². The first kappa shape index (κ1) is 14.5. The zero-order chi connectivity index (χ0) is 14.0. The van der Waals surface area contributed by atoms with Gasteiger partial charge in [0.1, 0.15) is 0 Å². The summed E-state index contributed by atoms with van der Waals surface area (Å²) in [7, 11) is 0. The Hall–Kier alpha value is -0.870. The number of likely N-dealkylation sites (tertiary alicyclic amines) is 1. The Morgan fingerprint density at radius 2 is 2.05 bits per heavy atom. The molecule has 3 atom stereocenters. The number of halogens is 1. The number of hydrogen-bond donors (Lipinski definition) is 1. The third-order valence-electron chi connectivity index (χ3n) is 4.03. The molecule has 1 N–H and O–H groups in total. The monoisotopic (exact) mass is 325 g/mol. The van der Waals surface area contributed by atoms with Crippen molar-refractivity contribution in [1.82, 2.24) is 4.90 Å². The molecule has 3 nitrogen and oxygen atoms in total. The fourth-order valence-electron chi connectivity index (χ4n) is 2.78. The molecule has 1 unspecified atom stereocenters. The van der Waals surface area contributed by atoms with Crippen LogP contribution in [0.15, 0.2) is 28.7 Å². The topological polar surface area (TPSA) is 40.5 Å². The molecule has 19 heavy (non-hydrogen) atoms. The molecule has 0 aliphatic carbocycles. The van der Waals surface area contributed by atoms with Crippen LogP contribution in [-0.4, -0.2) is 35.1 Å². The van der Waals surface area contributed by atoms with Crippen LogP contribution in [0.4, 0.5) is 0 Å². The van der Waals surface area contributed by atoms with Crippen molar-refractivity contribution in [1.29, 1.82) is 0 Å². The SMILES string of the molecule is CC(Cc1ccc(Br)cc1)N1C[C@@H](C)[C@H](C(=O)O)C1. The molecule has 1 aliphatic rings. The minimum absolute atomic E-state index is 0.215.